The lowest BCUT2D eigenvalue weighted by molar-refractivity contribution is -0.121. The van der Waals surface area contributed by atoms with Crippen LogP contribution in [0.5, 0.6) is 5.75 Å². The van der Waals surface area contributed by atoms with Crippen LogP contribution in [-0.2, 0) is 4.79 Å². The number of nitrogens with one attached hydrogen (secondary N) is 3. The van der Waals surface area contributed by atoms with E-state index < -0.39 is 0 Å². The Morgan fingerprint density at radius 2 is 1.71 bits per heavy atom. The lowest BCUT2D eigenvalue weighted by Gasteiger charge is -2.22. The Morgan fingerprint density at radius 1 is 1.00 bits per heavy atom. The quantitative estimate of drug-likeness (QED) is 0.428. The summed E-state index contributed by atoms with van der Waals surface area (Å²) in [5.74, 6) is 2.49. The monoisotopic (exact) mass is 483 g/mol. The number of ether oxygens (including phenoxy) is 1. The van der Waals surface area contributed by atoms with E-state index in [4.69, 9.17) is 4.74 Å². The molecule has 2 heterocycles. The average molecular weight is 484 g/mol. The molecule has 35 heavy (non-hydrogen) atoms. The van der Waals surface area contributed by atoms with Crippen molar-refractivity contribution >= 4 is 11.7 Å². The van der Waals surface area contributed by atoms with Crippen LogP contribution < -0.4 is 20.7 Å². The smallest absolute Gasteiger partial charge is 0.252 e. The number of piperidine rings is 1. The van der Waals surface area contributed by atoms with E-state index in [1.807, 2.05) is 26.0 Å². The van der Waals surface area contributed by atoms with Crippen molar-refractivity contribution in [1.82, 2.24) is 16.0 Å². The minimum absolute atomic E-state index is 0.00693. The van der Waals surface area contributed by atoms with Crippen molar-refractivity contribution in [3.05, 3.63) is 28.8 Å². The Bertz CT molecular complexity index is 836. The summed E-state index contributed by atoms with van der Waals surface area (Å²) in [4.78, 5) is 25.9. The first-order chi connectivity index (χ1) is 17.0. The first kappa shape index (κ1) is 26.2. The molecule has 1 aliphatic carbocycles. The molecular formula is C29H45N3O3. The van der Waals surface area contributed by atoms with Crippen LogP contribution in [0.2, 0.25) is 0 Å². The van der Waals surface area contributed by atoms with Crippen molar-refractivity contribution in [3.8, 4) is 5.75 Å². The number of ketones is 1. The number of carbonyl (C=O) groups is 2. The van der Waals surface area contributed by atoms with Gasteiger partial charge in [-0.15, -0.1) is 0 Å². The summed E-state index contributed by atoms with van der Waals surface area (Å²) < 4.78 is 6.03. The molecule has 1 aromatic carbocycles. The number of aryl methyl sites for hydroxylation is 2. The fourth-order valence-electron chi connectivity index (χ4n) is 6.26. The maximum absolute atomic E-state index is 13.1. The molecule has 4 rings (SSSR count). The van der Waals surface area contributed by atoms with E-state index >= 15 is 0 Å². The number of hydrogen-bond donors (Lipinski definition) is 3. The molecule has 0 bridgehead atoms. The predicted molar refractivity (Wildman–Crippen MR) is 140 cm³/mol. The van der Waals surface area contributed by atoms with Crippen molar-refractivity contribution in [2.75, 3.05) is 26.2 Å². The summed E-state index contributed by atoms with van der Waals surface area (Å²) in [5.41, 5.74) is 2.60. The maximum Gasteiger partial charge on any atom is 0.252 e. The van der Waals surface area contributed by atoms with Crippen LogP contribution in [0, 0.1) is 25.7 Å². The topological polar surface area (TPSA) is 79.5 Å². The van der Waals surface area contributed by atoms with Gasteiger partial charge in [0.1, 0.15) is 11.5 Å². The minimum atomic E-state index is -0.120. The molecule has 194 valence electrons. The molecule has 2 aliphatic heterocycles. The van der Waals surface area contributed by atoms with Gasteiger partial charge in [0, 0.05) is 24.6 Å². The molecule has 2 atom stereocenters. The minimum Gasteiger partial charge on any atom is -0.494 e. The Morgan fingerprint density at radius 3 is 2.43 bits per heavy atom. The van der Waals surface area contributed by atoms with E-state index in [-0.39, 0.29) is 18.0 Å². The highest BCUT2D eigenvalue weighted by atomic mass is 16.5. The first-order valence-corrected chi connectivity index (χ1v) is 14.0. The molecule has 3 fully saturated rings. The molecule has 1 amide bonds. The third kappa shape index (κ3) is 7.53. The van der Waals surface area contributed by atoms with Crippen LogP contribution in [-0.4, -0.2) is 50.0 Å². The standard InChI is InChI=1S/C29H45N3O3/c1-20-15-25(35-14-6-9-22-10-12-30-13-11-22)16-21(2)28(20)29(34)32-24-18-26(31-19-24)27(33)17-23-7-4-3-5-8-23/h15-16,22-24,26,30-31H,3-14,17-19H2,1-2H3,(H,32,34)/t24-,26-/m0/s1. The molecule has 1 saturated carbocycles. The SMILES string of the molecule is Cc1cc(OCCCC2CCNCC2)cc(C)c1C(=O)N[C@@H]1CN[C@H](C(=O)CC2CCCCC2)C1. The lowest BCUT2D eigenvalue weighted by atomic mass is 9.84. The molecule has 0 unspecified atom stereocenters. The highest BCUT2D eigenvalue weighted by Crippen LogP contribution is 2.28. The first-order valence-electron chi connectivity index (χ1n) is 14.0. The van der Waals surface area contributed by atoms with Crippen molar-refractivity contribution < 1.29 is 14.3 Å². The number of carbonyl (C=O) groups excluding carboxylic acids is 2. The van der Waals surface area contributed by atoms with Gasteiger partial charge in [0.25, 0.3) is 5.91 Å². The van der Waals surface area contributed by atoms with Gasteiger partial charge in [-0.25, -0.2) is 0 Å². The maximum atomic E-state index is 13.1. The van der Waals surface area contributed by atoms with E-state index in [0.717, 1.165) is 54.5 Å². The second-order valence-electron chi connectivity index (χ2n) is 11.2. The normalized spacial score (nSPS) is 23.8. The summed E-state index contributed by atoms with van der Waals surface area (Å²) in [6.07, 6.45) is 12.4. The number of benzene rings is 1. The van der Waals surface area contributed by atoms with Crippen LogP contribution in [0.25, 0.3) is 0 Å². The summed E-state index contributed by atoms with van der Waals surface area (Å²) in [6.45, 7) is 7.62. The Balaban J connectivity index is 1.23. The van der Waals surface area contributed by atoms with Crippen LogP contribution in [0.4, 0.5) is 0 Å². The van der Waals surface area contributed by atoms with Crippen molar-refractivity contribution in [2.45, 2.75) is 96.6 Å². The molecule has 1 aromatic rings. The van der Waals surface area contributed by atoms with E-state index in [1.165, 1.54) is 51.4 Å². The van der Waals surface area contributed by atoms with Crippen LogP contribution in [0.15, 0.2) is 12.1 Å². The zero-order valence-electron chi connectivity index (χ0n) is 21.8. The molecular weight excluding hydrogens is 438 g/mol. The van der Waals surface area contributed by atoms with Crippen LogP contribution in [0.1, 0.15) is 92.1 Å². The van der Waals surface area contributed by atoms with E-state index in [9.17, 15) is 9.59 Å². The summed E-state index contributed by atoms with van der Waals surface area (Å²) in [7, 11) is 0. The zero-order valence-corrected chi connectivity index (χ0v) is 21.8. The van der Waals surface area contributed by atoms with Gasteiger partial charge in [0.2, 0.25) is 0 Å². The number of rotatable bonds is 10. The number of Topliss-reactive ketones (excluding diaryl/α,β-unsaturated/α-hetero) is 1. The Labute approximate surface area is 211 Å². The van der Waals surface area contributed by atoms with E-state index in [2.05, 4.69) is 16.0 Å². The van der Waals surface area contributed by atoms with Gasteiger partial charge < -0.3 is 20.7 Å². The van der Waals surface area contributed by atoms with Crippen LogP contribution in [0.3, 0.4) is 0 Å². The predicted octanol–water partition coefficient (Wildman–Crippen LogP) is 4.46. The zero-order chi connectivity index (χ0) is 24.6. The second-order valence-corrected chi connectivity index (χ2v) is 11.2. The van der Waals surface area contributed by atoms with Gasteiger partial charge >= 0.3 is 0 Å². The molecule has 3 N–H and O–H groups in total. The number of hydrogen-bond acceptors (Lipinski definition) is 5. The Kier molecular flexibility index (Phi) is 9.61. The third-order valence-corrected chi connectivity index (χ3v) is 8.29. The highest BCUT2D eigenvalue weighted by molar-refractivity contribution is 5.97. The molecule has 6 heteroatoms. The van der Waals surface area contributed by atoms with Gasteiger partial charge in [0.15, 0.2) is 0 Å². The molecule has 2 saturated heterocycles. The van der Waals surface area contributed by atoms with Crippen molar-refractivity contribution in [2.24, 2.45) is 11.8 Å². The van der Waals surface area contributed by atoms with Crippen molar-refractivity contribution in [3.63, 3.8) is 0 Å². The van der Waals surface area contributed by atoms with Gasteiger partial charge in [-0.2, -0.15) is 0 Å². The Hall–Kier alpha value is -1.92. The van der Waals surface area contributed by atoms with Gasteiger partial charge in [-0.3, -0.25) is 9.59 Å². The van der Waals surface area contributed by atoms with Gasteiger partial charge in [0.05, 0.1) is 12.6 Å². The summed E-state index contributed by atoms with van der Waals surface area (Å²) in [6, 6.07) is 3.84. The molecule has 0 radical (unpaired) electrons. The molecule has 3 aliphatic rings. The van der Waals surface area contributed by atoms with E-state index in [1.54, 1.807) is 0 Å². The third-order valence-electron chi connectivity index (χ3n) is 8.29. The number of amides is 1. The largest absolute Gasteiger partial charge is 0.494 e. The van der Waals surface area contributed by atoms with Crippen LogP contribution >= 0.6 is 0 Å². The molecule has 0 spiro atoms. The second kappa shape index (κ2) is 12.9. The summed E-state index contributed by atoms with van der Waals surface area (Å²) >= 11 is 0. The fraction of sp³-hybridized carbons (Fsp3) is 0.724. The fourth-order valence-corrected chi connectivity index (χ4v) is 6.26. The lowest BCUT2D eigenvalue weighted by Crippen LogP contribution is -2.36. The van der Waals surface area contributed by atoms with E-state index in [0.29, 0.717) is 31.1 Å². The van der Waals surface area contributed by atoms with Crippen molar-refractivity contribution in [1.29, 1.82) is 0 Å². The average Bonchev–Trinajstić information content (AvgIpc) is 3.31. The highest BCUT2D eigenvalue weighted by Gasteiger charge is 2.32. The summed E-state index contributed by atoms with van der Waals surface area (Å²) in [5, 5.41) is 9.95. The molecule has 6 nitrogen and oxygen atoms in total. The molecule has 0 aromatic heterocycles. The van der Waals surface area contributed by atoms with Gasteiger partial charge in [-0.1, -0.05) is 32.1 Å². The van der Waals surface area contributed by atoms with Gasteiger partial charge in [-0.05, 0) is 94.1 Å².